The molecule has 0 spiro atoms. The van der Waals surface area contributed by atoms with Gasteiger partial charge in [0.2, 0.25) is 0 Å². The monoisotopic (exact) mass is 317 g/mol. The van der Waals surface area contributed by atoms with Crippen LogP contribution in [0.4, 0.5) is 4.79 Å². The zero-order valence-corrected chi connectivity index (χ0v) is 15.0. The van der Waals surface area contributed by atoms with Crippen LogP contribution in [0.15, 0.2) is 18.2 Å². The third-order valence-corrected chi connectivity index (χ3v) is 3.91. The van der Waals surface area contributed by atoms with Gasteiger partial charge in [-0.3, -0.25) is 4.79 Å². The van der Waals surface area contributed by atoms with Crippen LogP contribution in [-0.4, -0.2) is 35.5 Å². The highest BCUT2D eigenvalue weighted by Crippen LogP contribution is 2.30. The molecule has 1 aromatic rings. The molecule has 1 amide bonds. The number of ether oxygens (including phenoxy) is 1. The van der Waals surface area contributed by atoms with E-state index in [1.165, 1.54) is 0 Å². The van der Waals surface area contributed by atoms with Gasteiger partial charge in [-0.05, 0) is 45.4 Å². The molecule has 1 heterocycles. The van der Waals surface area contributed by atoms with Crippen LogP contribution in [0.3, 0.4) is 0 Å². The minimum absolute atomic E-state index is 0.00991. The van der Waals surface area contributed by atoms with Crippen molar-refractivity contribution in [1.82, 2.24) is 4.90 Å². The molecule has 0 aliphatic carbocycles. The fraction of sp³-hybridized carbons (Fsp3) is 0.579. The molecular weight excluding hydrogens is 290 g/mol. The summed E-state index contributed by atoms with van der Waals surface area (Å²) >= 11 is 0. The Balaban J connectivity index is 2.05. The first-order valence-electron chi connectivity index (χ1n) is 8.20. The molecule has 0 atom stereocenters. The van der Waals surface area contributed by atoms with Crippen LogP contribution in [0.5, 0.6) is 0 Å². The second-order valence-corrected chi connectivity index (χ2v) is 7.73. The van der Waals surface area contributed by atoms with Crippen molar-refractivity contribution in [2.75, 3.05) is 13.1 Å². The van der Waals surface area contributed by atoms with Crippen molar-refractivity contribution in [2.24, 2.45) is 5.92 Å². The van der Waals surface area contributed by atoms with E-state index in [9.17, 15) is 9.59 Å². The summed E-state index contributed by atoms with van der Waals surface area (Å²) in [5, 5.41) is 0. The number of carbonyl (C=O) groups excluding carboxylic acids is 2. The molecule has 0 radical (unpaired) electrons. The molecule has 1 saturated heterocycles. The number of ketones is 1. The Labute approximate surface area is 138 Å². The molecule has 1 aliphatic heterocycles. The van der Waals surface area contributed by atoms with Crippen LogP contribution < -0.4 is 0 Å². The Hall–Kier alpha value is -1.84. The molecular formula is C19H27NO3. The van der Waals surface area contributed by atoms with Crippen molar-refractivity contribution in [3.8, 4) is 0 Å². The fourth-order valence-electron chi connectivity index (χ4n) is 2.69. The number of amides is 1. The lowest BCUT2D eigenvalue weighted by atomic mass is 9.88. The van der Waals surface area contributed by atoms with Gasteiger partial charge in [0.25, 0.3) is 0 Å². The van der Waals surface area contributed by atoms with Crippen molar-refractivity contribution >= 4 is 11.9 Å². The van der Waals surface area contributed by atoms with Crippen LogP contribution in [0.25, 0.3) is 0 Å². The molecule has 0 bridgehead atoms. The average Bonchev–Trinajstić information content (AvgIpc) is 2.32. The van der Waals surface area contributed by atoms with Gasteiger partial charge in [0.15, 0.2) is 5.78 Å². The molecule has 0 saturated carbocycles. The summed E-state index contributed by atoms with van der Waals surface area (Å²) in [6.07, 6.45) is -0.264. The summed E-state index contributed by atoms with van der Waals surface area (Å²) in [5.41, 5.74) is 2.52. The Morgan fingerprint density at radius 3 is 2.30 bits per heavy atom. The van der Waals surface area contributed by atoms with Gasteiger partial charge in [-0.15, -0.1) is 0 Å². The van der Waals surface area contributed by atoms with Crippen molar-refractivity contribution in [1.29, 1.82) is 0 Å². The van der Waals surface area contributed by atoms with Gasteiger partial charge in [-0.25, -0.2) is 4.79 Å². The van der Waals surface area contributed by atoms with E-state index >= 15 is 0 Å². The van der Waals surface area contributed by atoms with Crippen LogP contribution in [0, 0.1) is 12.8 Å². The highest BCUT2D eigenvalue weighted by Gasteiger charge is 2.34. The lowest BCUT2D eigenvalue weighted by molar-refractivity contribution is 0.00817. The number of aryl methyl sites for hydroxylation is 1. The molecule has 4 nitrogen and oxygen atoms in total. The number of likely N-dealkylation sites (tertiary alicyclic amines) is 1. The summed E-state index contributed by atoms with van der Waals surface area (Å²) in [6.45, 7) is 12.7. The first-order chi connectivity index (χ1) is 10.6. The zero-order chi connectivity index (χ0) is 17.4. The summed E-state index contributed by atoms with van der Waals surface area (Å²) in [6, 6.07) is 6.02. The third-order valence-electron chi connectivity index (χ3n) is 3.91. The normalized spacial score (nSPS) is 15.5. The van der Waals surface area contributed by atoms with Gasteiger partial charge in [0, 0.05) is 30.5 Å². The molecule has 1 aliphatic rings. The number of hydrogen-bond donors (Lipinski definition) is 0. The van der Waals surface area contributed by atoms with E-state index in [1.807, 2.05) is 53.7 Å². The third kappa shape index (κ3) is 4.34. The Morgan fingerprint density at radius 1 is 1.17 bits per heavy atom. The number of Topliss-reactive ketones (excluding diaryl/α,β-unsaturated/α-hetero) is 1. The van der Waals surface area contributed by atoms with E-state index in [1.54, 1.807) is 4.90 Å². The summed E-state index contributed by atoms with van der Waals surface area (Å²) in [7, 11) is 0. The van der Waals surface area contributed by atoms with E-state index in [0.29, 0.717) is 13.1 Å². The van der Waals surface area contributed by atoms with Crippen LogP contribution in [0.2, 0.25) is 0 Å². The van der Waals surface area contributed by atoms with E-state index < -0.39 is 5.60 Å². The minimum atomic E-state index is -0.470. The quantitative estimate of drug-likeness (QED) is 0.786. The average molecular weight is 317 g/mol. The maximum atomic E-state index is 12.2. The zero-order valence-electron chi connectivity index (χ0n) is 15.0. The largest absolute Gasteiger partial charge is 0.444 e. The van der Waals surface area contributed by atoms with E-state index in [-0.39, 0.29) is 23.7 Å². The number of hydrogen-bond acceptors (Lipinski definition) is 3. The molecule has 4 heteroatoms. The second-order valence-electron chi connectivity index (χ2n) is 7.73. The van der Waals surface area contributed by atoms with Gasteiger partial charge in [-0.1, -0.05) is 25.5 Å². The molecule has 0 N–H and O–H groups in total. The highest BCUT2D eigenvalue weighted by molar-refractivity contribution is 5.97. The number of benzene rings is 1. The van der Waals surface area contributed by atoms with E-state index in [2.05, 4.69) is 6.07 Å². The second kappa shape index (κ2) is 6.34. The first kappa shape index (κ1) is 17.5. The molecule has 1 fully saturated rings. The van der Waals surface area contributed by atoms with Gasteiger partial charge >= 0.3 is 6.09 Å². The van der Waals surface area contributed by atoms with Crippen LogP contribution in [-0.2, 0) is 4.74 Å². The maximum Gasteiger partial charge on any atom is 0.410 e. The molecule has 2 rings (SSSR count). The molecule has 0 unspecified atom stereocenters. The van der Waals surface area contributed by atoms with Crippen molar-refractivity contribution in [3.63, 3.8) is 0 Å². The number of carbonyl (C=O) groups is 2. The maximum absolute atomic E-state index is 12.2. The summed E-state index contributed by atoms with van der Waals surface area (Å²) in [5.74, 6) is 0.434. The SMILES string of the molecule is Cc1cc(C(=O)C(C)C)cc(C2CN(C(=O)OC(C)(C)C)C2)c1. The molecule has 23 heavy (non-hydrogen) atoms. The Bertz CT molecular complexity index is 608. The van der Waals surface area contributed by atoms with E-state index in [4.69, 9.17) is 4.74 Å². The lowest BCUT2D eigenvalue weighted by Gasteiger charge is -2.40. The number of rotatable bonds is 3. The van der Waals surface area contributed by atoms with Gasteiger partial charge < -0.3 is 9.64 Å². The lowest BCUT2D eigenvalue weighted by Crippen LogP contribution is -2.50. The molecule has 1 aromatic carbocycles. The predicted molar refractivity (Wildman–Crippen MR) is 90.9 cm³/mol. The Morgan fingerprint density at radius 2 is 1.78 bits per heavy atom. The van der Waals surface area contributed by atoms with Gasteiger partial charge in [0.1, 0.15) is 5.60 Å². The van der Waals surface area contributed by atoms with Crippen LogP contribution >= 0.6 is 0 Å². The van der Waals surface area contributed by atoms with Gasteiger partial charge in [-0.2, -0.15) is 0 Å². The standard InChI is InChI=1S/C19H27NO3/c1-12(2)17(21)15-8-13(3)7-14(9-15)16-10-20(11-16)18(22)23-19(4,5)6/h7-9,12,16H,10-11H2,1-6H3. The topological polar surface area (TPSA) is 46.6 Å². The predicted octanol–water partition coefficient (Wildman–Crippen LogP) is 4.17. The summed E-state index contributed by atoms with van der Waals surface area (Å²) < 4.78 is 5.38. The highest BCUT2D eigenvalue weighted by atomic mass is 16.6. The van der Waals surface area contributed by atoms with Crippen molar-refractivity contribution in [2.45, 2.75) is 53.1 Å². The van der Waals surface area contributed by atoms with Gasteiger partial charge in [0.05, 0.1) is 0 Å². The fourth-order valence-corrected chi connectivity index (χ4v) is 2.69. The molecule has 126 valence electrons. The minimum Gasteiger partial charge on any atom is -0.444 e. The smallest absolute Gasteiger partial charge is 0.410 e. The summed E-state index contributed by atoms with van der Waals surface area (Å²) in [4.78, 5) is 25.9. The number of nitrogens with zero attached hydrogens (tertiary/aromatic N) is 1. The van der Waals surface area contributed by atoms with E-state index in [0.717, 1.165) is 16.7 Å². The van der Waals surface area contributed by atoms with Crippen LogP contribution in [0.1, 0.15) is 62.0 Å². The van der Waals surface area contributed by atoms with Crippen molar-refractivity contribution < 1.29 is 14.3 Å². The Kier molecular flexibility index (Phi) is 4.83. The first-order valence-corrected chi connectivity index (χ1v) is 8.20. The molecule has 0 aromatic heterocycles. The van der Waals surface area contributed by atoms with Crippen molar-refractivity contribution in [3.05, 3.63) is 34.9 Å².